The number of benzene rings is 1. The highest BCUT2D eigenvalue weighted by atomic mass is 19.1. The number of hydrogen-bond donors (Lipinski definition) is 2. The van der Waals surface area contributed by atoms with Crippen molar-refractivity contribution in [1.29, 1.82) is 0 Å². The molecule has 0 aliphatic carbocycles. The predicted octanol–water partition coefficient (Wildman–Crippen LogP) is 1.64. The molecule has 4 nitrogen and oxygen atoms in total. The topological polar surface area (TPSA) is 58.2 Å². The average molecular weight is 282 g/mol. The zero-order valence-corrected chi connectivity index (χ0v) is 10.9. The predicted molar refractivity (Wildman–Crippen MR) is 68.6 cm³/mol. The second-order valence-corrected chi connectivity index (χ2v) is 4.82. The van der Waals surface area contributed by atoms with Crippen LogP contribution in [0.3, 0.4) is 0 Å². The lowest BCUT2D eigenvalue weighted by Gasteiger charge is -2.15. The van der Waals surface area contributed by atoms with Gasteiger partial charge >= 0.3 is 0 Å². The molecule has 1 heterocycles. The molecule has 2 rings (SSSR count). The second-order valence-electron chi connectivity index (χ2n) is 4.82. The highest BCUT2D eigenvalue weighted by molar-refractivity contribution is 5.87. The molecule has 0 aromatic heterocycles. The van der Waals surface area contributed by atoms with Gasteiger partial charge < -0.3 is 10.6 Å². The van der Waals surface area contributed by atoms with Crippen molar-refractivity contribution in [2.24, 2.45) is 0 Å². The van der Waals surface area contributed by atoms with Crippen LogP contribution in [0.4, 0.5) is 8.78 Å². The van der Waals surface area contributed by atoms with Crippen LogP contribution >= 0.6 is 0 Å². The molecule has 1 atom stereocenters. The Kier molecular flexibility index (Phi) is 4.65. The summed E-state index contributed by atoms with van der Waals surface area (Å²) in [7, 11) is 0. The maximum atomic E-state index is 13.4. The van der Waals surface area contributed by atoms with Crippen LogP contribution in [0.15, 0.2) is 18.2 Å². The SMILES string of the molecule is O=C1CCCCC(C(=O)NCc2cc(F)ccc2F)N1. The second kappa shape index (κ2) is 6.45. The van der Waals surface area contributed by atoms with E-state index in [4.69, 9.17) is 0 Å². The van der Waals surface area contributed by atoms with Crippen molar-refractivity contribution in [3.8, 4) is 0 Å². The number of rotatable bonds is 3. The summed E-state index contributed by atoms with van der Waals surface area (Å²) in [5.41, 5.74) is 0.0818. The van der Waals surface area contributed by atoms with Gasteiger partial charge in [-0.15, -0.1) is 0 Å². The highest BCUT2D eigenvalue weighted by Gasteiger charge is 2.22. The monoisotopic (exact) mass is 282 g/mol. The van der Waals surface area contributed by atoms with E-state index < -0.39 is 17.7 Å². The van der Waals surface area contributed by atoms with Gasteiger partial charge in [0.15, 0.2) is 0 Å². The van der Waals surface area contributed by atoms with Gasteiger partial charge in [0.1, 0.15) is 17.7 Å². The van der Waals surface area contributed by atoms with Crippen LogP contribution < -0.4 is 10.6 Å². The average Bonchev–Trinajstić information content (AvgIpc) is 2.64. The molecule has 1 fully saturated rings. The van der Waals surface area contributed by atoms with Crippen LogP contribution in [-0.2, 0) is 16.1 Å². The third-order valence-corrected chi connectivity index (χ3v) is 3.26. The number of amides is 2. The molecule has 0 saturated carbocycles. The molecule has 0 radical (unpaired) electrons. The van der Waals surface area contributed by atoms with Gasteiger partial charge in [-0.25, -0.2) is 8.78 Å². The number of halogens is 2. The summed E-state index contributed by atoms with van der Waals surface area (Å²) in [6.45, 7) is -0.102. The first-order valence-electron chi connectivity index (χ1n) is 6.57. The van der Waals surface area contributed by atoms with Crippen molar-refractivity contribution >= 4 is 11.8 Å². The standard InChI is InChI=1S/C14H16F2N2O2/c15-10-5-6-11(16)9(7-10)8-17-14(20)12-3-1-2-4-13(19)18-12/h5-7,12H,1-4,8H2,(H,17,20)(H,18,19). The number of nitrogens with one attached hydrogen (secondary N) is 2. The quantitative estimate of drug-likeness (QED) is 0.885. The van der Waals surface area contributed by atoms with Crippen molar-refractivity contribution in [3.63, 3.8) is 0 Å². The molecule has 1 aromatic rings. The Morgan fingerprint density at radius 1 is 1.35 bits per heavy atom. The maximum absolute atomic E-state index is 13.4. The van der Waals surface area contributed by atoms with E-state index >= 15 is 0 Å². The van der Waals surface area contributed by atoms with E-state index in [1.165, 1.54) is 0 Å². The molecule has 1 unspecified atom stereocenters. The van der Waals surface area contributed by atoms with E-state index in [-0.39, 0.29) is 23.9 Å². The molecule has 0 bridgehead atoms. The molecular weight excluding hydrogens is 266 g/mol. The fourth-order valence-corrected chi connectivity index (χ4v) is 2.15. The van der Waals surface area contributed by atoms with Gasteiger partial charge in [-0.05, 0) is 31.0 Å². The third-order valence-electron chi connectivity index (χ3n) is 3.26. The summed E-state index contributed by atoms with van der Waals surface area (Å²) in [5.74, 6) is -1.65. The van der Waals surface area contributed by atoms with Crippen LogP contribution in [0.2, 0.25) is 0 Å². The first-order valence-corrected chi connectivity index (χ1v) is 6.57. The summed E-state index contributed by atoms with van der Waals surface area (Å²) < 4.78 is 26.4. The summed E-state index contributed by atoms with van der Waals surface area (Å²) in [6, 6.07) is 2.49. The highest BCUT2D eigenvalue weighted by Crippen LogP contribution is 2.11. The van der Waals surface area contributed by atoms with Crippen molar-refractivity contribution < 1.29 is 18.4 Å². The molecular formula is C14H16F2N2O2. The lowest BCUT2D eigenvalue weighted by Crippen LogP contribution is -2.45. The lowest BCUT2D eigenvalue weighted by atomic mass is 10.1. The molecule has 0 spiro atoms. The van der Waals surface area contributed by atoms with Crippen LogP contribution in [-0.4, -0.2) is 17.9 Å². The maximum Gasteiger partial charge on any atom is 0.242 e. The van der Waals surface area contributed by atoms with Crippen molar-refractivity contribution in [2.75, 3.05) is 0 Å². The van der Waals surface area contributed by atoms with Crippen LogP contribution in [0, 0.1) is 11.6 Å². The zero-order chi connectivity index (χ0) is 14.5. The van der Waals surface area contributed by atoms with E-state index in [0.29, 0.717) is 12.8 Å². The van der Waals surface area contributed by atoms with E-state index in [1.807, 2.05) is 0 Å². The van der Waals surface area contributed by atoms with Crippen molar-refractivity contribution in [3.05, 3.63) is 35.4 Å². The molecule has 1 aliphatic rings. The Morgan fingerprint density at radius 3 is 2.95 bits per heavy atom. The van der Waals surface area contributed by atoms with Gasteiger partial charge in [-0.1, -0.05) is 6.42 Å². The Morgan fingerprint density at radius 2 is 2.15 bits per heavy atom. The van der Waals surface area contributed by atoms with Gasteiger partial charge in [0.05, 0.1) is 0 Å². The molecule has 108 valence electrons. The van der Waals surface area contributed by atoms with Crippen molar-refractivity contribution in [2.45, 2.75) is 38.3 Å². The van der Waals surface area contributed by atoms with Crippen LogP contribution in [0.5, 0.6) is 0 Å². The molecule has 20 heavy (non-hydrogen) atoms. The van der Waals surface area contributed by atoms with E-state index in [9.17, 15) is 18.4 Å². The van der Waals surface area contributed by atoms with Gasteiger partial charge in [0.25, 0.3) is 0 Å². The third kappa shape index (κ3) is 3.76. The van der Waals surface area contributed by atoms with E-state index in [1.54, 1.807) is 0 Å². The Hall–Kier alpha value is -1.98. The molecule has 1 aliphatic heterocycles. The van der Waals surface area contributed by atoms with E-state index in [2.05, 4.69) is 10.6 Å². The Bertz CT molecular complexity index is 520. The number of carbonyl (C=O) groups is 2. The largest absolute Gasteiger partial charge is 0.350 e. The molecule has 6 heteroatoms. The van der Waals surface area contributed by atoms with Gasteiger partial charge in [0, 0.05) is 18.5 Å². The summed E-state index contributed by atoms with van der Waals surface area (Å²) in [5, 5.41) is 5.15. The fourth-order valence-electron chi connectivity index (χ4n) is 2.15. The lowest BCUT2D eigenvalue weighted by molar-refractivity contribution is -0.128. The summed E-state index contributed by atoms with van der Waals surface area (Å²) >= 11 is 0. The van der Waals surface area contributed by atoms with Crippen LogP contribution in [0.1, 0.15) is 31.2 Å². The van der Waals surface area contributed by atoms with Gasteiger partial charge in [-0.2, -0.15) is 0 Å². The number of carbonyl (C=O) groups excluding carboxylic acids is 2. The molecule has 1 saturated heterocycles. The van der Waals surface area contributed by atoms with E-state index in [0.717, 1.165) is 31.0 Å². The summed E-state index contributed by atoms with van der Waals surface area (Å²) in [6.07, 6.45) is 2.52. The normalized spacial score (nSPS) is 19.1. The van der Waals surface area contributed by atoms with Gasteiger partial charge in [-0.3, -0.25) is 9.59 Å². The minimum atomic E-state index is -0.596. The summed E-state index contributed by atoms with van der Waals surface area (Å²) in [4.78, 5) is 23.3. The molecule has 2 amide bonds. The molecule has 1 aromatic carbocycles. The Labute approximate surface area is 115 Å². The molecule has 2 N–H and O–H groups in total. The van der Waals surface area contributed by atoms with Crippen molar-refractivity contribution in [1.82, 2.24) is 10.6 Å². The zero-order valence-electron chi connectivity index (χ0n) is 10.9. The smallest absolute Gasteiger partial charge is 0.242 e. The minimum absolute atomic E-state index is 0.0818. The Balaban J connectivity index is 1.94. The minimum Gasteiger partial charge on any atom is -0.350 e. The number of hydrogen-bond acceptors (Lipinski definition) is 2. The van der Waals surface area contributed by atoms with Crippen LogP contribution in [0.25, 0.3) is 0 Å². The fraction of sp³-hybridized carbons (Fsp3) is 0.429. The first-order chi connectivity index (χ1) is 9.56. The first kappa shape index (κ1) is 14.4. The van der Waals surface area contributed by atoms with Gasteiger partial charge in [0.2, 0.25) is 11.8 Å².